The Morgan fingerprint density at radius 1 is 1.33 bits per heavy atom. The molecule has 0 atom stereocenters. The van der Waals surface area contributed by atoms with Crippen LogP contribution in [0, 0.1) is 0 Å². The van der Waals surface area contributed by atoms with Crippen molar-refractivity contribution in [1.82, 2.24) is 9.97 Å². The molecule has 0 aromatic carbocycles. The molecule has 0 aliphatic carbocycles. The minimum atomic E-state index is -4.43. The van der Waals surface area contributed by atoms with E-state index in [-0.39, 0.29) is 11.8 Å². The molecule has 0 aliphatic heterocycles. The number of carboxylic acid groups (broad SMARTS) is 1. The minimum Gasteiger partial charge on any atom is -0.468 e. The van der Waals surface area contributed by atoms with E-state index in [2.05, 4.69) is 19.4 Å². The van der Waals surface area contributed by atoms with Gasteiger partial charge in [0, 0.05) is 17.8 Å². The van der Waals surface area contributed by atoms with Gasteiger partial charge in [0.1, 0.15) is 5.01 Å². The van der Waals surface area contributed by atoms with Crippen molar-refractivity contribution in [2.24, 2.45) is 0 Å². The number of alkyl halides is 3. The largest absolute Gasteiger partial charge is 0.512 e. The topological polar surface area (TPSA) is 81.5 Å². The molecule has 2 aromatic heterocycles. The van der Waals surface area contributed by atoms with E-state index in [1.54, 1.807) is 0 Å². The predicted octanol–water partition coefficient (Wildman–Crippen LogP) is 3.20. The lowest BCUT2D eigenvalue weighted by Crippen LogP contribution is -2.19. The van der Waals surface area contributed by atoms with Crippen molar-refractivity contribution >= 4 is 17.5 Å². The first-order chi connectivity index (χ1) is 9.83. The first-order valence-electron chi connectivity index (χ1n) is 5.36. The SMILES string of the molecule is O=C(O)Oc1csc(-c2ccc(OCC(F)(F)F)nc2)n1. The van der Waals surface area contributed by atoms with Crippen LogP contribution in [0.2, 0.25) is 0 Å². The lowest BCUT2D eigenvalue weighted by Gasteiger charge is -2.08. The van der Waals surface area contributed by atoms with Crippen LogP contribution in [0.25, 0.3) is 10.6 Å². The molecule has 0 bridgehead atoms. The third-order valence-electron chi connectivity index (χ3n) is 2.04. The van der Waals surface area contributed by atoms with Crippen molar-refractivity contribution in [2.75, 3.05) is 6.61 Å². The molecule has 0 saturated heterocycles. The molecule has 0 amide bonds. The second kappa shape index (κ2) is 5.95. The van der Waals surface area contributed by atoms with Crippen LogP contribution in [0.15, 0.2) is 23.7 Å². The summed E-state index contributed by atoms with van der Waals surface area (Å²) in [4.78, 5) is 17.9. The molecule has 0 unspecified atom stereocenters. The second-order valence-electron chi connectivity index (χ2n) is 3.65. The Kier molecular flexibility index (Phi) is 4.26. The summed E-state index contributed by atoms with van der Waals surface area (Å²) in [7, 11) is 0. The van der Waals surface area contributed by atoms with Crippen molar-refractivity contribution in [1.29, 1.82) is 0 Å². The quantitative estimate of drug-likeness (QED) is 0.871. The summed E-state index contributed by atoms with van der Waals surface area (Å²) in [6.45, 7) is -1.42. The molecule has 2 rings (SSSR count). The highest BCUT2D eigenvalue weighted by Crippen LogP contribution is 2.27. The van der Waals surface area contributed by atoms with E-state index < -0.39 is 18.9 Å². The van der Waals surface area contributed by atoms with Gasteiger partial charge < -0.3 is 14.6 Å². The fourth-order valence-electron chi connectivity index (χ4n) is 1.28. The normalized spacial score (nSPS) is 11.2. The fraction of sp³-hybridized carbons (Fsp3) is 0.182. The molecule has 10 heteroatoms. The smallest absolute Gasteiger partial charge is 0.468 e. The van der Waals surface area contributed by atoms with Gasteiger partial charge >= 0.3 is 12.3 Å². The van der Waals surface area contributed by atoms with Crippen LogP contribution < -0.4 is 9.47 Å². The van der Waals surface area contributed by atoms with E-state index >= 15 is 0 Å². The Hall–Kier alpha value is -2.36. The highest BCUT2D eigenvalue weighted by atomic mass is 32.1. The molecule has 112 valence electrons. The molecule has 0 radical (unpaired) electrons. The van der Waals surface area contributed by atoms with Crippen molar-refractivity contribution < 1.29 is 32.5 Å². The zero-order chi connectivity index (χ0) is 15.5. The zero-order valence-electron chi connectivity index (χ0n) is 10.1. The van der Waals surface area contributed by atoms with Crippen LogP contribution in [0.5, 0.6) is 11.8 Å². The van der Waals surface area contributed by atoms with E-state index in [4.69, 9.17) is 5.11 Å². The summed E-state index contributed by atoms with van der Waals surface area (Å²) in [6.07, 6.45) is -4.64. The summed E-state index contributed by atoms with van der Waals surface area (Å²) >= 11 is 1.11. The molecular formula is C11H7F3N2O4S. The summed E-state index contributed by atoms with van der Waals surface area (Å²) in [5, 5.41) is 10.2. The summed E-state index contributed by atoms with van der Waals surface area (Å²) in [6, 6.07) is 2.72. The second-order valence-corrected chi connectivity index (χ2v) is 4.51. The molecule has 6 nitrogen and oxygen atoms in total. The molecule has 0 saturated carbocycles. The first kappa shape index (κ1) is 15.0. The van der Waals surface area contributed by atoms with Crippen LogP contribution in [0.1, 0.15) is 0 Å². The summed E-state index contributed by atoms with van der Waals surface area (Å²) in [5.41, 5.74) is 0.500. The number of halogens is 3. The van der Waals surface area contributed by atoms with E-state index in [1.807, 2.05) is 0 Å². The Balaban J connectivity index is 2.04. The van der Waals surface area contributed by atoms with E-state index in [1.165, 1.54) is 23.7 Å². The minimum absolute atomic E-state index is 0.0834. The van der Waals surface area contributed by atoms with Crippen molar-refractivity contribution in [3.05, 3.63) is 23.7 Å². The Bertz CT molecular complexity index is 627. The third kappa shape index (κ3) is 4.60. The van der Waals surface area contributed by atoms with Gasteiger partial charge in [0.25, 0.3) is 0 Å². The van der Waals surface area contributed by atoms with Gasteiger partial charge in [0.15, 0.2) is 6.61 Å². The highest BCUT2D eigenvalue weighted by Gasteiger charge is 2.28. The zero-order valence-corrected chi connectivity index (χ0v) is 10.9. The number of thiazole rings is 1. The first-order valence-corrected chi connectivity index (χ1v) is 6.24. The summed E-state index contributed by atoms with van der Waals surface area (Å²) < 4.78 is 44.7. The van der Waals surface area contributed by atoms with Crippen molar-refractivity contribution in [2.45, 2.75) is 6.18 Å². The standard InChI is InChI=1S/C11H7F3N2O4S/c12-11(13,14)5-19-7-2-1-6(3-15-7)9-16-8(4-21-9)20-10(17)18/h1-4H,5H2,(H,17,18). The Morgan fingerprint density at radius 2 is 2.10 bits per heavy atom. The molecule has 2 aromatic rings. The number of pyridine rings is 1. The molecule has 21 heavy (non-hydrogen) atoms. The van der Waals surface area contributed by atoms with Gasteiger partial charge in [-0.1, -0.05) is 0 Å². The number of ether oxygens (including phenoxy) is 2. The maximum Gasteiger partial charge on any atom is 0.512 e. The fourth-order valence-corrected chi connectivity index (χ4v) is 1.99. The molecule has 1 N–H and O–H groups in total. The number of hydrogen-bond acceptors (Lipinski definition) is 6. The van der Waals surface area contributed by atoms with Crippen LogP contribution in [-0.4, -0.2) is 34.0 Å². The maximum absolute atomic E-state index is 12.0. The van der Waals surface area contributed by atoms with Crippen LogP contribution in [-0.2, 0) is 0 Å². The number of aromatic nitrogens is 2. The van der Waals surface area contributed by atoms with Gasteiger partial charge in [-0.2, -0.15) is 13.2 Å². The number of hydrogen-bond donors (Lipinski definition) is 1. The van der Waals surface area contributed by atoms with Crippen LogP contribution in [0.4, 0.5) is 18.0 Å². The average molecular weight is 320 g/mol. The molecular weight excluding hydrogens is 313 g/mol. The maximum atomic E-state index is 12.0. The number of carbonyl (C=O) groups is 1. The Labute approximate surface area is 119 Å². The van der Waals surface area contributed by atoms with E-state index in [9.17, 15) is 18.0 Å². The molecule has 0 spiro atoms. The lowest BCUT2D eigenvalue weighted by atomic mass is 10.3. The Morgan fingerprint density at radius 3 is 2.67 bits per heavy atom. The van der Waals surface area contributed by atoms with Crippen molar-refractivity contribution in [3.8, 4) is 22.3 Å². The monoisotopic (exact) mass is 320 g/mol. The number of nitrogens with zero attached hydrogens (tertiary/aromatic N) is 2. The third-order valence-corrected chi connectivity index (χ3v) is 2.91. The van der Waals surface area contributed by atoms with Crippen LogP contribution >= 0.6 is 11.3 Å². The molecule has 2 heterocycles. The van der Waals surface area contributed by atoms with Gasteiger partial charge in [0.05, 0.1) is 5.38 Å². The molecule has 0 fully saturated rings. The van der Waals surface area contributed by atoms with Gasteiger partial charge in [0.2, 0.25) is 11.8 Å². The van der Waals surface area contributed by atoms with Crippen molar-refractivity contribution in [3.63, 3.8) is 0 Å². The lowest BCUT2D eigenvalue weighted by molar-refractivity contribution is -0.154. The van der Waals surface area contributed by atoms with Gasteiger partial charge in [-0.05, 0) is 6.07 Å². The summed E-state index contributed by atoms with van der Waals surface area (Å²) in [5.74, 6) is -0.255. The number of rotatable bonds is 4. The van der Waals surface area contributed by atoms with Gasteiger partial charge in [-0.3, -0.25) is 0 Å². The highest BCUT2D eigenvalue weighted by molar-refractivity contribution is 7.13. The van der Waals surface area contributed by atoms with Gasteiger partial charge in [-0.15, -0.1) is 11.3 Å². The van der Waals surface area contributed by atoms with Gasteiger partial charge in [-0.25, -0.2) is 14.8 Å². The predicted molar refractivity (Wildman–Crippen MR) is 65.5 cm³/mol. The van der Waals surface area contributed by atoms with E-state index in [0.717, 1.165) is 11.3 Å². The molecule has 0 aliphatic rings. The van der Waals surface area contributed by atoms with E-state index in [0.29, 0.717) is 10.6 Å². The average Bonchev–Trinajstić information content (AvgIpc) is 2.84. The van der Waals surface area contributed by atoms with Crippen LogP contribution in [0.3, 0.4) is 0 Å².